The van der Waals surface area contributed by atoms with Crippen LogP contribution in [0.2, 0.25) is 10.0 Å². The molecule has 0 aliphatic carbocycles. The van der Waals surface area contributed by atoms with Crippen LogP contribution in [0.3, 0.4) is 0 Å². The van der Waals surface area contributed by atoms with Gasteiger partial charge in [-0.25, -0.2) is 4.98 Å². The Labute approximate surface area is 195 Å². The molecule has 2 aliphatic heterocycles. The van der Waals surface area contributed by atoms with Gasteiger partial charge in [-0.3, -0.25) is 4.79 Å². The highest BCUT2D eigenvalue weighted by Crippen LogP contribution is 2.44. The van der Waals surface area contributed by atoms with E-state index in [0.29, 0.717) is 54.9 Å². The molecule has 0 unspecified atom stereocenters. The van der Waals surface area contributed by atoms with Crippen LogP contribution in [-0.2, 0) is 11.0 Å². The Morgan fingerprint density at radius 1 is 1.16 bits per heavy atom. The average molecular weight is 486 g/mol. The minimum Gasteiger partial charge on any atom is -0.357 e. The SMILES string of the molecule is C[C@@]1(C(=O)C2CCN(c3ccc(C(F)(F)F)cn3)CC2)CNC[C@@H]1c1ccc(Cl)c(Cl)c1. The van der Waals surface area contributed by atoms with Gasteiger partial charge in [-0.1, -0.05) is 36.2 Å². The van der Waals surface area contributed by atoms with Crippen molar-refractivity contribution in [2.24, 2.45) is 11.3 Å². The van der Waals surface area contributed by atoms with Crippen molar-refractivity contribution >= 4 is 34.8 Å². The molecule has 32 heavy (non-hydrogen) atoms. The molecule has 0 bridgehead atoms. The normalized spacial score (nSPS) is 24.7. The Balaban J connectivity index is 1.43. The Hall–Kier alpha value is -1.83. The maximum absolute atomic E-state index is 13.6. The van der Waals surface area contributed by atoms with E-state index in [1.807, 2.05) is 24.0 Å². The first-order valence-electron chi connectivity index (χ1n) is 10.6. The molecule has 4 rings (SSSR count). The zero-order valence-corrected chi connectivity index (χ0v) is 19.1. The average Bonchev–Trinajstić information content (AvgIpc) is 3.17. The molecular formula is C23H24Cl2F3N3O. The van der Waals surface area contributed by atoms with Crippen molar-refractivity contribution in [2.45, 2.75) is 31.9 Å². The van der Waals surface area contributed by atoms with Crippen LogP contribution >= 0.6 is 23.2 Å². The van der Waals surface area contributed by atoms with Crippen LogP contribution in [0.4, 0.5) is 19.0 Å². The molecule has 0 saturated carbocycles. The molecule has 0 amide bonds. The van der Waals surface area contributed by atoms with E-state index in [-0.39, 0.29) is 17.6 Å². The third-order valence-corrected chi connectivity index (χ3v) is 7.52. The quantitative estimate of drug-likeness (QED) is 0.613. The van der Waals surface area contributed by atoms with Gasteiger partial charge in [0, 0.05) is 49.6 Å². The maximum atomic E-state index is 13.6. The third-order valence-electron chi connectivity index (χ3n) is 6.78. The van der Waals surface area contributed by atoms with Gasteiger partial charge in [-0.15, -0.1) is 0 Å². The standard InChI is InChI=1S/C23H24Cl2F3N3O/c1-22(13-29-12-17(22)15-2-4-18(24)19(25)10-15)21(32)14-6-8-31(9-7-14)20-5-3-16(11-30-20)23(26,27)28/h2-5,10-11,14,17,29H,6-9,12-13H2,1H3/t17-,22-/m1/s1. The zero-order chi connectivity index (χ0) is 23.1. The molecule has 2 saturated heterocycles. The van der Waals surface area contributed by atoms with Gasteiger partial charge in [0.15, 0.2) is 0 Å². The van der Waals surface area contributed by atoms with Crippen molar-refractivity contribution in [3.63, 3.8) is 0 Å². The molecule has 3 heterocycles. The van der Waals surface area contributed by atoms with Crippen LogP contribution in [0.1, 0.15) is 36.8 Å². The number of aromatic nitrogens is 1. The number of benzene rings is 1. The number of nitrogens with one attached hydrogen (secondary N) is 1. The van der Waals surface area contributed by atoms with Crippen LogP contribution in [0.25, 0.3) is 0 Å². The van der Waals surface area contributed by atoms with Crippen molar-refractivity contribution < 1.29 is 18.0 Å². The van der Waals surface area contributed by atoms with E-state index in [4.69, 9.17) is 23.2 Å². The molecule has 2 aromatic rings. The summed E-state index contributed by atoms with van der Waals surface area (Å²) in [6.07, 6.45) is -2.25. The Bertz CT molecular complexity index is 991. The summed E-state index contributed by atoms with van der Waals surface area (Å²) < 4.78 is 38.3. The number of halogens is 5. The topological polar surface area (TPSA) is 45.2 Å². The van der Waals surface area contributed by atoms with Gasteiger partial charge in [-0.2, -0.15) is 13.2 Å². The van der Waals surface area contributed by atoms with Gasteiger partial charge in [0.2, 0.25) is 0 Å². The molecule has 9 heteroatoms. The highest BCUT2D eigenvalue weighted by Gasteiger charge is 2.48. The summed E-state index contributed by atoms with van der Waals surface area (Å²) >= 11 is 12.3. The number of carbonyl (C=O) groups is 1. The number of ketones is 1. The van der Waals surface area contributed by atoms with Gasteiger partial charge in [0.25, 0.3) is 0 Å². The summed E-state index contributed by atoms with van der Waals surface area (Å²) in [7, 11) is 0. The monoisotopic (exact) mass is 485 g/mol. The van der Waals surface area contributed by atoms with Gasteiger partial charge < -0.3 is 10.2 Å². The first kappa shape index (κ1) is 23.3. The Kier molecular flexibility index (Phi) is 6.45. The summed E-state index contributed by atoms with van der Waals surface area (Å²) in [4.78, 5) is 19.5. The summed E-state index contributed by atoms with van der Waals surface area (Å²) in [6, 6.07) is 7.97. The predicted octanol–water partition coefficient (Wildman–Crippen LogP) is 5.59. The molecular weight excluding hydrogens is 462 g/mol. The molecule has 2 aliphatic rings. The van der Waals surface area contributed by atoms with Gasteiger partial charge in [0.05, 0.1) is 15.6 Å². The number of hydrogen-bond acceptors (Lipinski definition) is 4. The third kappa shape index (κ3) is 4.47. The number of hydrogen-bond donors (Lipinski definition) is 1. The number of Topliss-reactive ketones (excluding diaryl/α,β-unsaturated/α-hetero) is 1. The zero-order valence-electron chi connectivity index (χ0n) is 17.6. The van der Waals surface area contributed by atoms with Gasteiger partial charge in [-0.05, 0) is 42.7 Å². The Morgan fingerprint density at radius 2 is 1.88 bits per heavy atom. The molecule has 2 atom stereocenters. The minimum absolute atomic E-state index is 0.000578. The van der Waals surface area contributed by atoms with Crippen LogP contribution in [0.15, 0.2) is 36.5 Å². The minimum atomic E-state index is -4.40. The van der Waals surface area contributed by atoms with Crippen molar-refractivity contribution in [3.05, 3.63) is 57.7 Å². The van der Waals surface area contributed by atoms with Crippen LogP contribution in [0.5, 0.6) is 0 Å². The second-order valence-corrected chi connectivity index (χ2v) is 9.62. The molecule has 1 N–H and O–H groups in total. The molecule has 0 radical (unpaired) electrons. The number of rotatable bonds is 4. The van der Waals surface area contributed by atoms with Gasteiger partial charge in [0.1, 0.15) is 11.6 Å². The number of nitrogens with zero attached hydrogens (tertiary/aromatic N) is 2. The number of pyridine rings is 1. The lowest BCUT2D eigenvalue weighted by Crippen LogP contribution is -2.44. The van der Waals surface area contributed by atoms with Crippen LogP contribution in [-0.4, -0.2) is 36.9 Å². The lowest BCUT2D eigenvalue weighted by Gasteiger charge is -2.37. The second-order valence-electron chi connectivity index (χ2n) is 8.80. The van der Waals surface area contributed by atoms with Crippen molar-refractivity contribution in [3.8, 4) is 0 Å². The number of piperidine rings is 1. The highest BCUT2D eigenvalue weighted by atomic mass is 35.5. The number of carbonyl (C=O) groups excluding carboxylic acids is 1. The van der Waals surface area contributed by atoms with Crippen molar-refractivity contribution in [2.75, 3.05) is 31.1 Å². The lowest BCUT2D eigenvalue weighted by atomic mass is 9.68. The van der Waals surface area contributed by atoms with E-state index in [1.54, 1.807) is 6.07 Å². The summed E-state index contributed by atoms with van der Waals surface area (Å²) in [5.41, 5.74) is -0.329. The van der Waals surface area contributed by atoms with Crippen molar-refractivity contribution in [1.82, 2.24) is 10.3 Å². The van der Waals surface area contributed by atoms with Crippen LogP contribution in [0, 0.1) is 11.3 Å². The Morgan fingerprint density at radius 3 is 2.47 bits per heavy atom. The van der Waals surface area contributed by atoms with E-state index in [0.717, 1.165) is 17.8 Å². The predicted molar refractivity (Wildman–Crippen MR) is 119 cm³/mol. The largest absolute Gasteiger partial charge is 0.417 e. The number of alkyl halides is 3. The van der Waals surface area contributed by atoms with E-state index in [2.05, 4.69) is 10.3 Å². The molecule has 172 valence electrons. The highest BCUT2D eigenvalue weighted by molar-refractivity contribution is 6.42. The lowest BCUT2D eigenvalue weighted by molar-refractivity contribution is -0.137. The fourth-order valence-corrected chi connectivity index (χ4v) is 5.18. The van der Waals surface area contributed by atoms with Crippen LogP contribution < -0.4 is 10.2 Å². The molecule has 0 spiro atoms. The van der Waals surface area contributed by atoms with E-state index >= 15 is 0 Å². The molecule has 4 nitrogen and oxygen atoms in total. The smallest absolute Gasteiger partial charge is 0.357 e. The summed E-state index contributed by atoms with van der Waals surface area (Å²) in [6.45, 7) is 4.45. The first-order valence-corrected chi connectivity index (χ1v) is 11.3. The van der Waals surface area contributed by atoms with E-state index in [9.17, 15) is 18.0 Å². The van der Waals surface area contributed by atoms with E-state index < -0.39 is 17.2 Å². The first-order chi connectivity index (χ1) is 15.1. The fourth-order valence-electron chi connectivity index (χ4n) is 4.88. The fraction of sp³-hybridized carbons (Fsp3) is 0.478. The number of anilines is 1. The molecule has 1 aromatic heterocycles. The summed E-state index contributed by atoms with van der Waals surface area (Å²) in [5, 5.41) is 4.32. The second kappa shape index (κ2) is 8.84. The van der Waals surface area contributed by atoms with Gasteiger partial charge >= 0.3 is 6.18 Å². The molecule has 2 fully saturated rings. The van der Waals surface area contributed by atoms with Crippen molar-refractivity contribution in [1.29, 1.82) is 0 Å². The maximum Gasteiger partial charge on any atom is 0.417 e. The van der Waals surface area contributed by atoms with E-state index in [1.165, 1.54) is 6.07 Å². The molecule has 1 aromatic carbocycles. The summed E-state index contributed by atoms with van der Waals surface area (Å²) in [5.74, 6) is 0.625.